The van der Waals surface area contributed by atoms with E-state index in [1.807, 2.05) is 13.8 Å². The molecule has 0 aromatic carbocycles. The van der Waals surface area contributed by atoms with E-state index in [-0.39, 0.29) is 49.3 Å². The Morgan fingerprint density at radius 3 is 1.21 bits per heavy atom. The van der Waals surface area contributed by atoms with Crippen molar-refractivity contribution in [3.8, 4) is 0 Å². The number of amides is 2. The van der Waals surface area contributed by atoms with E-state index in [0.717, 1.165) is 12.1 Å². The highest BCUT2D eigenvalue weighted by Gasteiger charge is 2.41. The average molecular weight is 607 g/mol. The molecule has 2 N–H and O–H groups in total. The van der Waals surface area contributed by atoms with Crippen LogP contribution in [0, 0.1) is 11.8 Å². The fourth-order valence-electron chi connectivity index (χ4n) is 5.55. The molecule has 0 heterocycles. The predicted octanol–water partition coefficient (Wildman–Crippen LogP) is 4.83. The summed E-state index contributed by atoms with van der Waals surface area (Å²) in [6.07, 6.45) is -0.267. The second kappa shape index (κ2) is 16.7. The normalized spacial score (nSPS) is 14.0. The van der Waals surface area contributed by atoms with Crippen LogP contribution in [-0.2, 0) is 27.4 Å². The van der Waals surface area contributed by atoms with Crippen molar-refractivity contribution in [3.63, 3.8) is 0 Å². The Kier molecular flexibility index (Phi) is 16.0. The SMILES string of the molecule is CCN(CC(C)C[Si](C)(C)O[Si](C)(C)O[Si](C)(C)CC(C)CN(CC)C(=O)CCC(=O)O)C(=O)CCC(=O)O. The Labute approximate surface area is 238 Å². The maximum absolute atomic E-state index is 12.4. The summed E-state index contributed by atoms with van der Waals surface area (Å²) < 4.78 is 13.5. The average Bonchev–Trinajstić information content (AvgIpc) is 2.74. The van der Waals surface area contributed by atoms with Gasteiger partial charge in [-0.05, 0) is 77.1 Å². The molecule has 0 aromatic rings. The van der Waals surface area contributed by atoms with Crippen molar-refractivity contribution in [2.75, 3.05) is 26.2 Å². The van der Waals surface area contributed by atoms with E-state index in [9.17, 15) is 19.2 Å². The van der Waals surface area contributed by atoms with Gasteiger partial charge in [0.2, 0.25) is 11.8 Å². The molecule has 0 bridgehead atoms. The lowest BCUT2D eigenvalue weighted by atomic mass is 10.2. The molecule has 10 nitrogen and oxygen atoms in total. The molecule has 0 aromatic heterocycles. The topological polar surface area (TPSA) is 134 Å². The molecule has 0 saturated heterocycles. The van der Waals surface area contributed by atoms with Crippen molar-refractivity contribution in [2.24, 2.45) is 11.8 Å². The van der Waals surface area contributed by atoms with Gasteiger partial charge in [-0.3, -0.25) is 19.2 Å². The first kappa shape index (κ1) is 37.5. The van der Waals surface area contributed by atoms with E-state index in [1.165, 1.54) is 0 Å². The number of carboxylic acid groups (broad SMARTS) is 2. The van der Waals surface area contributed by atoms with Gasteiger partial charge in [0.15, 0.2) is 16.6 Å². The third kappa shape index (κ3) is 17.0. The Morgan fingerprint density at radius 2 is 0.949 bits per heavy atom. The summed E-state index contributed by atoms with van der Waals surface area (Å²) in [4.78, 5) is 50.0. The molecule has 39 heavy (non-hydrogen) atoms. The van der Waals surface area contributed by atoms with Gasteiger partial charge in [0, 0.05) is 39.0 Å². The highest BCUT2D eigenvalue weighted by molar-refractivity contribution is 6.87. The number of carboxylic acids is 2. The Balaban J connectivity index is 5.03. The molecule has 0 radical (unpaired) electrons. The summed E-state index contributed by atoms with van der Waals surface area (Å²) in [5.74, 6) is -1.75. The molecular weight excluding hydrogens is 553 g/mol. The summed E-state index contributed by atoms with van der Waals surface area (Å²) in [6.45, 7) is 23.2. The number of carbonyl (C=O) groups excluding carboxylic acids is 2. The lowest BCUT2D eigenvalue weighted by Crippen LogP contribution is -2.53. The van der Waals surface area contributed by atoms with Gasteiger partial charge < -0.3 is 28.2 Å². The molecule has 2 unspecified atom stereocenters. The maximum atomic E-state index is 12.4. The molecule has 0 aliphatic carbocycles. The van der Waals surface area contributed by atoms with Crippen molar-refractivity contribution < 1.29 is 37.6 Å². The molecule has 0 saturated carbocycles. The molecule has 0 aliphatic rings. The van der Waals surface area contributed by atoms with Gasteiger partial charge in [0.1, 0.15) is 0 Å². The van der Waals surface area contributed by atoms with Crippen LogP contribution in [0.2, 0.25) is 51.4 Å². The van der Waals surface area contributed by atoms with Gasteiger partial charge in [-0.15, -0.1) is 0 Å². The van der Waals surface area contributed by atoms with E-state index in [2.05, 4.69) is 53.1 Å². The lowest BCUT2D eigenvalue weighted by Gasteiger charge is -2.40. The highest BCUT2D eigenvalue weighted by atomic mass is 28.5. The minimum absolute atomic E-state index is 0.0195. The molecule has 2 atom stereocenters. The third-order valence-electron chi connectivity index (χ3n) is 6.36. The summed E-state index contributed by atoms with van der Waals surface area (Å²) in [6, 6.07) is 1.72. The first-order valence-corrected chi connectivity index (χ1v) is 23.2. The van der Waals surface area contributed by atoms with Crippen molar-refractivity contribution in [2.45, 2.75) is 105 Å². The summed E-state index contributed by atoms with van der Waals surface area (Å²) >= 11 is 0. The highest BCUT2D eigenvalue weighted by Crippen LogP contribution is 2.29. The number of nitrogens with zero attached hydrogens (tertiary/aromatic N) is 2. The van der Waals surface area contributed by atoms with Crippen molar-refractivity contribution in [1.29, 1.82) is 0 Å². The maximum Gasteiger partial charge on any atom is 0.311 e. The van der Waals surface area contributed by atoms with Gasteiger partial charge in [-0.2, -0.15) is 0 Å². The van der Waals surface area contributed by atoms with Crippen molar-refractivity contribution >= 4 is 48.9 Å². The fourth-order valence-corrected chi connectivity index (χ4v) is 21.0. The van der Waals surface area contributed by atoms with E-state index in [1.54, 1.807) is 9.80 Å². The molecule has 13 heteroatoms. The van der Waals surface area contributed by atoms with Gasteiger partial charge in [-0.1, -0.05) is 13.8 Å². The molecule has 0 rings (SSSR count). The van der Waals surface area contributed by atoms with Crippen LogP contribution in [-0.4, -0.2) is 95.1 Å². The predicted molar refractivity (Wildman–Crippen MR) is 161 cm³/mol. The van der Waals surface area contributed by atoms with Crippen LogP contribution in [0.1, 0.15) is 53.4 Å². The van der Waals surface area contributed by atoms with Crippen LogP contribution in [0.3, 0.4) is 0 Å². The van der Waals surface area contributed by atoms with Crippen LogP contribution in [0.15, 0.2) is 0 Å². The van der Waals surface area contributed by atoms with Crippen LogP contribution in [0.25, 0.3) is 0 Å². The van der Waals surface area contributed by atoms with E-state index < -0.39 is 37.1 Å². The third-order valence-corrected chi connectivity index (χ3v) is 18.1. The number of aliphatic carboxylic acids is 2. The fraction of sp³-hybridized carbons (Fsp3) is 0.846. The zero-order chi connectivity index (χ0) is 30.6. The first-order valence-electron chi connectivity index (χ1n) is 14.1. The Morgan fingerprint density at radius 1 is 0.641 bits per heavy atom. The van der Waals surface area contributed by atoms with Crippen molar-refractivity contribution in [3.05, 3.63) is 0 Å². The minimum atomic E-state index is -2.47. The van der Waals surface area contributed by atoms with Gasteiger partial charge in [0.05, 0.1) is 12.8 Å². The molecule has 2 amide bonds. The smallest absolute Gasteiger partial charge is 0.311 e. The van der Waals surface area contributed by atoms with Gasteiger partial charge >= 0.3 is 20.5 Å². The number of hydrogen-bond acceptors (Lipinski definition) is 6. The van der Waals surface area contributed by atoms with Crippen LogP contribution < -0.4 is 0 Å². The molecule has 0 fully saturated rings. The summed E-state index contributed by atoms with van der Waals surface area (Å²) in [5, 5.41) is 17.8. The molecule has 228 valence electrons. The first-order chi connectivity index (χ1) is 17.7. The second-order valence-electron chi connectivity index (χ2n) is 12.4. The van der Waals surface area contributed by atoms with Crippen LogP contribution in [0.5, 0.6) is 0 Å². The standard InChI is InChI=1S/C26H54N2O8Si3/c1-11-27(23(29)13-15-25(31)32)17-21(3)19-37(5,6)35-39(9,10)36-38(7,8)20-22(4)18-28(12-2)24(30)14-16-26(33)34/h21-22H,11-20H2,1-10H3,(H,31,32)(H,33,34). The summed E-state index contributed by atoms with van der Waals surface area (Å²) in [5.41, 5.74) is 0. The van der Waals surface area contributed by atoms with Gasteiger partial charge in [-0.25, -0.2) is 0 Å². The van der Waals surface area contributed by atoms with E-state index in [0.29, 0.717) is 26.2 Å². The zero-order valence-corrected chi connectivity index (χ0v) is 29.0. The van der Waals surface area contributed by atoms with E-state index in [4.69, 9.17) is 18.4 Å². The molecule has 0 aliphatic heterocycles. The number of hydrogen-bond donors (Lipinski definition) is 2. The molecule has 0 spiro atoms. The Bertz CT molecular complexity index is 759. The van der Waals surface area contributed by atoms with Gasteiger partial charge in [0.25, 0.3) is 0 Å². The molecular formula is C26H54N2O8Si3. The van der Waals surface area contributed by atoms with Crippen LogP contribution in [0.4, 0.5) is 0 Å². The van der Waals surface area contributed by atoms with E-state index >= 15 is 0 Å². The number of carbonyl (C=O) groups is 4. The minimum Gasteiger partial charge on any atom is -0.481 e. The second-order valence-corrected chi connectivity index (χ2v) is 24.7. The summed E-state index contributed by atoms with van der Waals surface area (Å²) in [7, 11) is -6.73. The number of rotatable bonds is 20. The largest absolute Gasteiger partial charge is 0.481 e. The quantitative estimate of drug-likeness (QED) is 0.188. The zero-order valence-electron chi connectivity index (χ0n) is 26.0. The Hall–Kier alpha value is -1.55. The lowest BCUT2D eigenvalue weighted by molar-refractivity contribution is -0.141. The van der Waals surface area contributed by atoms with Crippen LogP contribution >= 0.6 is 0 Å². The van der Waals surface area contributed by atoms with Crippen molar-refractivity contribution in [1.82, 2.24) is 9.80 Å². The monoisotopic (exact) mass is 606 g/mol.